The SMILES string of the molecule is COC(=O)C(C)n1cnc2c1c(=O)n(CCOC(=O)c1ccc[n+]([C@@H]3O[C@H](COP(=O)([O-])O)[C@@H](O)[C@H]3O)c1)c(=O)n2C. The van der Waals surface area contributed by atoms with Gasteiger partial charge in [-0.25, -0.2) is 19.4 Å². The largest absolute Gasteiger partial charge is 0.756 e. The van der Waals surface area contributed by atoms with Crippen molar-refractivity contribution in [1.82, 2.24) is 18.7 Å². The van der Waals surface area contributed by atoms with E-state index >= 15 is 0 Å². The third kappa shape index (κ3) is 6.19. The maximum absolute atomic E-state index is 13.2. The Morgan fingerprint density at radius 3 is 2.67 bits per heavy atom. The Labute approximate surface area is 236 Å². The van der Waals surface area contributed by atoms with Gasteiger partial charge in [0.05, 0.1) is 26.6 Å². The van der Waals surface area contributed by atoms with E-state index in [1.54, 1.807) is 0 Å². The minimum Gasteiger partial charge on any atom is -0.756 e. The van der Waals surface area contributed by atoms with Gasteiger partial charge in [0.15, 0.2) is 29.7 Å². The molecule has 0 spiro atoms. The third-order valence-electron chi connectivity index (χ3n) is 6.66. The van der Waals surface area contributed by atoms with Gasteiger partial charge in [0.1, 0.15) is 30.4 Å². The fourth-order valence-corrected chi connectivity index (χ4v) is 4.76. The summed E-state index contributed by atoms with van der Waals surface area (Å²) in [4.78, 5) is 74.5. The highest BCUT2D eigenvalue weighted by atomic mass is 31.2. The lowest BCUT2D eigenvalue weighted by Gasteiger charge is -2.19. The van der Waals surface area contributed by atoms with Crippen LogP contribution in [0.15, 0.2) is 40.4 Å². The molecule has 0 amide bonds. The van der Waals surface area contributed by atoms with Crippen LogP contribution < -0.4 is 20.7 Å². The molecule has 3 aromatic rings. The number of methoxy groups -OCH3 is 1. The maximum Gasteiger partial charge on any atom is 0.344 e. The van der Waals surface area contributed by atoms with Crippen LogP contribution in [-0.4, -0.2) is 84.4 Å². The van der Waals surface area contributed by atoms with E-state index in [0.29, 0.717) is 0 Å². The number of aliphatic hydroxyl groups excluding tert-OH is 2. The molecule has 1 aliphatic rings. The molecule has 19 heteroatoms. The number of rotatable bonds is 10. The fourth-order valence-electron chi connectivity index (χ4n) is 4.43. The first-order valence-electron chi connectivity index (χ1n) is 12.4. The van der Waals surface area contributed by atoms with Crippen molar-refractivity contribution in [2.75, 3.05) is 20.3 Å². The highest BCUT2D eigenvalue weighted by molar-refractivity contribution is 7.44. The quantitative estimate of drug-likeness (QED) is 0.116. The molecule has 2 unspecified atom stereocenters. The van der Waals surface area contributed by atoms with Gasteiger partial charge in [-0.3, -0.25) is 18.5 Å². The summed E-state index contributed by atoms with van der Waals surface area (Å²) in [7, 11) is -2.51. The van der Waals surface area contributed by atoms with E-state index in [1.165, 1.54) is 61.1 Å². The van der Waals surface area contributed by atoms with Crippen LogP contribution in [0.4, 0.5) is 0 Å². The molecule has 4 rings (SSSR count). The van der Waals surface area contributed by atoms with Gasteiger partial charge < -0.3 is 43.3 Å². The van der Waals surface area contributed by atoms with Crippen LogP contribution in [0.3, 0.4) is 0 Å². The van der Waals surface area contributed by atoms with Crippen LogP contribution in [0.2, 0.25) is 0 Å². The number of hydrogen-bond acceptors (Lipinski definition) is 13. The lowest BCUT2D eigenvalue weighted by molar-refractivity contribution is -0.765. The smallest absolute Gasteiger partial charge is 0.344 e. The average molecular weight is 613 g/mol. The monoisotopic (exact) mass is 613 g/mol. The van der Waals surface area contributed by atoms with Gasteiger partial charge in [-0.15, -0.1) is 0 Å². The zero-order chi connectivity index (χ0) is 30.9. The van der Waals surface area contributed by atoms with Crippen LogP contribution in [0.25, 0.3) is 11.2 Å². The van der Waals surface area contributed by atoms with E-state index in [1.807, 2.05) is 0 Å². The van der Waals surface area contributed by atoms with Gasteiger partial charge in [0.2, 0.25) is 0 Å². The number of ether oxygens (including phenoxy) is 3. The first kappa shape index (κ1) is 31.2. The molecule has 0 aliphatic carbocycles. The standard InChI is InChI=1S/C23H28N5O13P/c1-12(21(32)38-3)28-11-24-18-15(28)19(31)27(23(34)25(18)2)7-8-39-22(33)13-5-4-6-26(9-13)20-17(30)16(29)14(41-20)10-40-42(35,36)37/h4-6,9,11-12,14,16-17,20,29-30H,7-8,10H2,1-3H3,(H-,35,36,37)/t12?,14-,16-,17-,20-/m1/s1. The van der Waals surface area contributed by atoms with Crippen LogP contribution in [0.5, 0.6) is 0 Å². The van der Waals surface area contributed by atoms with Crippen molar-refractivity contribution in [2.24, 2.45) is 7.05 Å². The first-order chi connectivity index (χ1) is 19.7. The van der Waals surface area contributed by atoms with Crippen molar-refractivity contribution >= 4 is 30.9 Å². The minimum absolute atomic E-state index is 0.0245. The molecule has 0 bridgehead atoms. The van der Waals surface area contributed by atoms with Gasteiger partial charge >= 0.3 is 17.6 Å². The molecule has 1 saturated heterocycles. The number of phosphoric ester groups is 1. The maximum atomic E-state index is 13.2. The lowest BCUT2D eigenvalue weighted by atomic mass is 10.1. The zero-order valence-corrected chi connectivity index (χ0v) is 23.4. The van der Waals surface area contributed by atoms with Crippen molar-refractivity contribution in [1.29, 1.82) is 0 Å². The zero-order valence-electron chi connectivity index (χ0n) is 22.5. The number of phosphoric acid groups is 1. The van der Waals surface area contributed by atoms with Crippen LogP contribution in [-0.2, 0) is 41.7 Å². The number of hydrogen-bond donors (Lipinski definition) is 3. The van der Waals surface area contributed by atoms with E-state index in [-0.39, 0.29) is 23.3 Å². The lowest BCUT2D eigenvalue weighted by Crippen LogP contribution is -2.46. The number of aromatic nitrogens is 5. The van der Waals surface area contributed by atoms with Crippen LogP contribution in [0, 0.1) is 0 Å². The molecule has 3 N–H and O–H groups in total. The molecule has 6 atom stereocenters. The van der Waals surface area contributed by atoms with E-state index in [4.69, 9.17) is 19.1 Å². The summed E-state index contributed by atoms with van der Waals surface area (Å²) in [6.07, 6.45) is -1.80. The fraction of sp³-hybridized carbons (Fsp3) is 0.478. The summed E-state index contributed by atoms with van der Waals surface area (Å²) >= 11 is 0. The van der Waals surface area contributed by atoms with Crippen LogP contribution >= 0.6 is 7.82 Å². The van der Waals surface area contributed by atoms with Gasteiger partial charge in [-0.2, -0.15) is 4.57 Å². The van der Waals surface area contributed by atoms with Crippen molar-refractivity contribution < 1.29 is 57.5 Å². The number of pyridine rings is 1. The second-order valence-corrected chi connectivity index (χ2v) is 10.5. The molecule has 0 radical (unpaired) electrons. The number of imidazole rings is 1. The van der Waals surface area contributed by atoms with E-state index in [0.717, 1.165) is 9.13 Å². The number of carbonyl (C=O) groups is 2. The van der Waals surface area contributed by atoms with Crippen LogP contribution in [0.1, 0.15) is 29.6 Å². The summed E-state index contributed by atoms with van der Waals surface area (Å²) in [5.41, 5.74) is -1.48. The molecule has 0 saturated carbocycles. The number of aliphatic hydroxyl groups is 2. The highest BCUT2D eigenvalue weighted by Gasteiger charge is 2.48. The Morgan fingerprint density at radius 1 is 1.29 bits per heavy atom. The predicted octanol–water partition coefficient (Wildman–Crippen LogP) is -3.13. The molecule has 0 aromatic carbocycles. The van der Waals surface area contributed by atoms with Crippen molar-refractivity contribution in [2.45, 2.75) is 44.1 Å². The van der Waals surface area contributed by atoms with E-state index in [2.05, 4.69) is 9.51 Å². The molecule has 18 nitrogen and oxygen atoms in total. The van der Waals surface area contributed by atoms with Gasteiger partial charge in [-0.05, 0) is 13.0 Å². The molecule has 228 valence electrons. The van der Waals surface area contributed by atoms with E-state index in [9.17, 15) is 38.8 Å². The molecule has 3 aromatic heterocycles. The summed E-state index contributed by atoms with van der Waals surface area (Å²) in [5.74, 6) is -1.49. The molecule has 4 heterocycles. The highest BCUT2D eigenvalue weighted by Crippen LogP contribution is 2.33. The van der Waals surface area contributed by atoms with E-state index < -0.39 is 74.8 Å². The summed E-state index contributed by atoms with van der Waals surface area (Å²) in [6.45, 7) is 0.0118. The molecular formula is C23H28N5O13P. The summed E-state index contributed by atoms with van der Waals surface area (Å²) in [5, 5.41) is 20.5. The Kier molecular flexibility index (Phi) is 9.07. The Balaban J connectivity index is 1.48. The Morgan fingerprint density at radius 2 is 2.00 bits per heavy atom. The van der Waals surface area contributed by atoms with Gasteiger partial charge in [-0.1, -0.05) is 0 Å². The first-order valence-corrected chi connectivity index (χ1v) is 13.9. The van der Waals surface area contributed by atoms with Crippen molar-refractivity contribution in [3.8, 4) is 0 Å². The number of carbonyl (C=O) groups excluding carboxylic acids is 2. The topological polar surface area (TPSA) is 238 Å². The Bertz CT molecular complexity index is 1660. The second-order valence-electron chi connectivity index (χ2n) is 9.31. The molecule has 1 fully saturated rings. The summed E-state index contributed by atoms with van der Waals surface area (Å²) < 4.78 is 35.0. The van der Waals surface area contributed by atoms with Crippen molar-refractivity contribution in [3.05, 3.63) is 57.3 Å². The number of nitrogens with zero attached hydrogens (tertiary/aromatic N) is 5. The normalized spacial score (nSPS) is 22.5. The number of esters is 2. The van der Waals surface area contributed by atoms with Gasteiger partial charge in [0, 0.05) is 13.1 Å². The minimum atomic E-state index is -5.10. The molecule has 42 heavy (non-hydrogen) atoms. The Hall–Kier alpha value is -3.77. The third-order valence-corrected chi connectivity index (χ3v) is 7.13. The average Bonchev–Trinajstić information content (AvgIpc) is 3.53. The van der Waals surface area contributed by atoms with Crippen molar-refractivity contribution in [3.63, 3.8) is 0 Å². The second kappa shape index (κ2) is 12.2. The predicted molar refractivity (Wildman–Crippen MR) is 135 cm³/mol. The number of fused-ring (bicyclic) bond motifs is 1. The summed E-state index contributed by atoms with van der Waals surface area (Å²) in [6, 6.07) is 1.89. The number of aryl methyl sites for hydroxylation is 1. The molecule has 1 aliphatic heterocycles. The molecular weight excluding hydrogens is 585 g/mol. The van der Waals surface area contributed by atoms with Gasteiger partial charge in [0.25, 0.3) is 19.6 Å².